The molecule has 7 heteroatoms. The van der Waals surface area contributed by atoms with Crippen LogP contribution in [-0.4, -0.2) is 29.6 Å². The maximum atomic E-state index is 12.5. The van der Waals surface area contributed by atoms with Gasteiger partial charge in [0.2, 0.25) is 5.91 Å². The van der Waals surface area contributed by atoms with Crippen molar-refractivity contribution in [3.05, 3.63) is 24.2 Å². The van der Waals surface area contributed by atoms with Crippen molar-refractivity contribution in [1.29, 1.82) is 0 Å². The van der Waals surface area contributed by atoms with Crippen LogP contribution in [0.4, 0.5) is 13.2 Å². The van der Waals surface area contributed by atoms with Gasteiger partial charge in [0, 0.05) is 0 Å². The Morgan fingerprint density at radius 2 is 2.11 bits per heavy atom. The minimum absolute atomic E-state index is 0.236. The van der Waals surface area contributed by atoms with Crippen molar-refractivity contribution in [3.63, 3.8) is 0 Å². The van der Waals surface area contributed by atoms with Gasteiger partial charge in [-0.15, -0.1) is 0 Å². The van der Waals surface area contributed by atoms with Crippen LogP contribution in [0.3, 0.4) is 0 Å². The molecule has 0 saturated heterocycles. The fourth-order valence-electron chi connectivity index (χ4n) is 1.51. The third kappa shape index (κ3) is 4.94. The third-order valence-electron chi connectivity index (χ3n) is 2.61. The lowest BCUT2D eigenvalue weighted by Crippen LogP contribution is -2.49. The zero-order valence-electron chi connectivity index (χ0n) is 10.8. The molecule has 0 aliphatic carbocycles. The molecule has 0 fully saturated rings. The second kappa shape index (κ2) is 6.10. The highest BCUT2D eigenvalue weighted by Crippen LogP contribution is 2.19. The molecule has 0 aliphatic rings. The summed E-state index contributed by atoms with van der Waals surface area (Å²) < 4.78 is 42.4. The largest absolute Gasteiger partial charge is 0.467 e. The molecular weight excluding hydrogens is 261 g/mol. The van der Waals surface area contributed by atoms with E-state index in [0.29, 0.717) is 4.90 Å². The van der Waals surface area contributed by atoms with Gasteiger partial charge in [0.05, 0.1) is 18.8 Å². The van der Waals surface area contributed by atoms with Crippen molar-refractivity contribution in [2.75, 3.05) is 6.54 Å². The van der Waals surface area contributed by atoms with Crippen LogP contribution >= 0.6 is 0 Å². The quantitative estimate of drug-likeness (QED) is 0.897. The van der Waals surface area contributed by atoms with Crippen molar-refractivity contribution in [1.82, 2.24) is 4.90 Å². The molecule has 0 unspecified atom stereocenters. The first-order valence-corrected chi connectivity index (χ1v) is 5.84. The van der Waals surface area contributed by atoms with Crippen LogP contribution < -0.4 is 5.73 Å². The van der Waals surface area contributed by atoms with Crippen LogP contribution in [-0.2, 0) is 11.3 Å². The van der Waals surface area contributed by atoms with E-state index in [0.717, 1.165) is 0 Å². The molecular formula is C12H17F3N2O2. The number of hydrogen-bond acceptors (Lipinski definition) is 3. The summed E-state index contributed by atoms with van der Waals surface area (Å²) in [6.45, 7) is 1.78. The molecule has 2 N–H and O–H groups in total. The van der Waals surface area contributed by atoms with Crippen LogP contribution in [0.2, 0.25) is 0 Å². The Labute approximate surface area is 109 Å². The number of nitrogens with two attached hydrogens (primary N) is 1. The molecule has 108 valence electrons. The number of hydrogen-bond donors (Lipinski definition) is 1. The van der Waals surface area contributed by atoms with Crippen molar-refractivity contribution in [3.8, 4) is 0 Å². The lowest BCUT2D eigenvalue weighted by molar-refractivity contribution is -0.164. The number of amides is 1. The summed E-state index contributed by atoms with van der Waals surface area (Å²) in [5.74, 6) is -0.683. The average molecular weight is 278 g/mol. The first kappa shape index (κ1) is 15.6. The van der Waals surface area contributed by atoms with E-state index < -0.39 is 24.7 Å². The number of carbonyl (C=O) groups excluding carboxylic acids is 1. The summed E-state index contributed by atoms with van der Waals surface area (Å²) in [7, 11) is 0. The van der Waals surface area contributed by atoms with Gasteiger partial charge in [-0.1, -0.05) is 13.8 Å². The molecule has 0 spiro atoms. The van der Waals surface area contributed by atoms with Gasteiger partial charge in [-0.25, -0.2) is 0 Å². The van der Waals surface area contributed by atoms with Crippen molar-refractivity contribution in [2.24, 2.45) is 11.7 Å². The highest BCUT2D eigenvalue weighted by atomic mass is 19.4. The first-order chi connectivity index (χ1) is 8.70. The summed E-state index contributed by atoms with van der Waals surface area (Å²) in [6.07, 6.45) is -3.13. The summed E-state index contributed by atoms with van der Waals surface area (Å²) in [4.78, 5) is 12.6. The van der Waals surface area contributed by atoms with Gasteiger partial charge in [-0.3, -0.25) is 4.79 Å². The predicted molar refractivity (Wildman–Crippen MR) is 63.0 cm³/mol. The molecule has 19 heavy (non-hydrogen) atoms. The van der Waals surface area contributed by atoms with E-state index in [2.05, 4.69) is 0 Å². The topological polar surface area (TPSA) is 59.5 Å². The number of halogens is 3. The Morgan fingerprint density at radius 1 is 1.47 bits per heavy atom. The van der Waals surface area contributed by atoms with Gasteiger partial charge in [-0.2, -0.15) is 13.2 Å². The molecule has 1 atom stereocenters. The summed E-state index contributed by atoms with van der Waals surface area (Å²) in [5, 5.41) is 0. The van der Waals surface area contributed by atoms with Gasteiger partial charge in [0.25, 0.3) is 0 Å². The lowest BCUT2D eigenvalue weighted by atomic mass is 10.0. The monoisotopic (exact) mass is 278 g/mol. The maximum Gasteiger partial charge on any atom is 0.406 e. The molecule has 1 rings (SSSR count). The summed E-state index contributed by atoms with van der Waals surface area (Å²) in [6, 6.07) is 2.10. The van der Waals surface area contributed by atoms with E-state index in [1.165, 1.54) is 12.3 Å². The SMILES string of the molecule is CC(C)[C@H](N)C(=O)N(Cc1ccco1)CC(F)(F)F. The van der Waals surface area contributed by atoms with Crippen LogP contribution in [0, 0.1) is 5.92 Å². The molecule has 1 amide bonds. The van der Waals surface area contributed by atoms with E-state index in [4.69, 9.17) is 10.2 Å². The number of nitrogens with zero attached hydrogens (tertiary/aromatic N) is 1. The minimum Gasteiger partial charge on any atom is -0.467 e. The summed E-state index contributed by atoms with van der Waals surface area (Å²) in [5.41, 5.74) is 5.62. The van der Waals surface area contributed by atoms with E-state index in [1.54, 1.807) is 19.9 Å². The van der Waals surface area contributed by atoms with Gasteiger partial charge < -0.3 is 15.1 Å². The Hall–Kier alpha value is -1.50. The summed E-state index contributed by atoms with van der Waals surface area (Å²) >= 11 is 0. The zero-order valence-corrected chi connectivity index (χ0v) is 10.8. The normalized spacial score (nSPS) is 13.6. The van der Waals surface area contributed by atoms with Crippen molar-refractivity contribution in [2.45, 2.75) is 32.6 Å². The van der Waals surface area contributed by atoms with Gasteiger partial charge in [0.1, 0.15) is 12.3 Å². The van der Waals surface area contributed by atoms with Crippen LogP contribution in [0.1, 0.15) is 19.6 Å². The van der Waals surface area contributed by atoms with E-state index in [1.807, 2.05) is 0 Å². The second-order valence-electron chi connectivity index (χ2n) is 4.66. The molecule has 4 nitrogen and oxygen atoms in total. The first-order valence-electron chi connectivity index (χ1n) is 5.84. The van der Waals surface area contributed by atoms with Gasteiger partial charge in [-0.05, 0) is 18.1 Å². The molecule has 0 bridgehead atoms. The molecule has 0 aromatic carbocycles. The lowest BCUT2D eigenvalue weighted by Gasteiger charge is -2.27. The highest BCUT2D eigenvalue weighted by Gasteiger charge is 2.35. The Balaban J connectivity index is 2.82. The number of furan rings is 1. The molecule has 0 aliphatic heterocycles. The molecule has 0 saturated carbocycles. The molecule has 1 aromatic rings. The number of rotatable bonds is 5. The number of alkyl halides is 3. The van der Waals surface area contributed by atoms with E-state index >= 15 is 0 Å². The fourth-order valence-corrected chi connectivity index (χ4v) is 1.51. The van der Waals surface area contributed by atoms with Gasteiger partial charge >= 0.3 is 6.18 Å². The zero-order chi connectivity index (χ0) is 14.6. The molecule has 1 aromatic heterocycles. The van der Waals surface area contributed by atoms with E-state index in [-0.39, 0.29) is 18.2 Å². The minimum atomic E-state index is -4.47. The molecule has 0 radical (unpaired) electrons. The Morgan fingerprint density at radius 3 is 2.53 bits per heavy atom. The highest BCUT2D eigenvalue weighted by molar-refractivity contribution is 5.81. The second-order valence-corrected chi connectivity index (χ2v) is 4.66. The fraction of sp³-hybridized carbons (Fsp3) is 0.583. The third-order valence-corrected chi connectivity index (χ3v) is 2.61. The van der Waals surface area contributed by atoms with E-state index in [9.17, 15) is 18.0 Å². The standard InChI is InChI=1S/C12H17F3N2O2/c1-8(2)10(16)11(18)17(7-12(13,14)15)6-9-4-3-5-19-9/h3-5,8,10H,6-7,16H2,1-2H3/t10-/m0/s1. The van der Waals surface area contributed by atoms with Crippen molar-refractivity contribution >= 4 is 5.91 Å². The van der Waals surface area contributed by atoms with Crippen LogP contribution in [0.5, 0.6) is 0 Å². The molecule has 1 heterocycles. The van der Waals surface area contributed by atoms with Crippen LogP contribution in [0.15, 0.2) is 22.8 Å². The number of carbonyl (C=O) groups is 1. The maximum absolute atomic E-state index is 12.5. The van der Waals surface area contributed by atoms with Gasteiger partial charge in [0.15, 0.2) is 0 Å². The van der Waals surface area contributed by atoms with Crippen LogP contribution in [0.25, 0.3) is 0 Å². The Kier molecular flexibility index (Phi) is 4.99. The smallest absolute Gasteiger partial charge is 0.406 e. The van der Waals surface area contributed by atoms with Crippen molar-refractivity contribution < 1.29 is 22.4 Å². The Bertz CT molecular complexity index is 402. The predicted octanol–water partition coefficient (Wildman–Crippen LogP) is 2.15. The average Bonchev–Trinajstić information content (AvgIpc) is 2.77.